The zero-order valence-electron chi connectivity index (χ0n) is 11.4. The van der Waals surface area contributed by atoms with Gasteiger partial charge in [0.25, 0.3) is 5.88 Å². The third kappa shape index (κ3) is 3.41. The first-order chi connectivity index (χ1) is 9.90. The van der Waals surface area contributed by atoms with Crippen molar-refractivity contribution < 1.29 is 14.6 Å². The largest absolute Gasteiger partial charge is 0.478 e. The van der Waals surface area contributed by atoms with E-state index in [4.69, 9.17) is 4.74 Å². The molecule has 2 rings (SSSR count). The van der Waals surface area contributed by atoms with Gasteiger partial charge in [0.2, 0.25) is 0 Å². The van der Waals surface area contributed by atoms with Crippen molar-refractivity contribution in [1.29, 1.82) is 0 Å². The van der Waals surface area contributed by atoms with Crippen LogP contribution in [0.2, 0.25) is 0 Å². The maximum absolute atomic E-state index is 12.2. The van der Waals surface area contributed by atoms with Crippen molar-refractivity contribution in [3.05, 3.63) is 50.1 Å². The third-order valence-corrected chi connectivity index (χ3v) is 3.44. The molecule has 0 radical (unpaired) electrons. The molecule has 21 heavy (non-hydrogen) atoms. The van der Waals surface area contributed by atoms with E-state index in [1.165, 1.54) is 22.9 Å². The van der Waals surface area contributed by atoms with Crippen molar-refractivity contribution in [2.75, 3.05) is 0 Å². The quantitative estimate of drug-likeness (QED) is 0.799. The first-order valence-corrected chi connectivity index (χ1v) is 7.26. The molecule has 0 aliphatic rings. The van der Waals surface area contributed by atoms with Gasteiger partial charge in [0.1, 0.15) is 11.3 Å². The number of ether oxygens (including phenoxy) is 1. The molecule has 7 heteroatoms. The maximum atomic E-state index is 12.2. The molecule has 1 N–H and O–H groups in total. The number of carboxylic acids is 1. The van der Waals surface area contributed by atoms with Crippen molar-refractivity contribution in [3.63, 3.8) is 0 Å². The highest BCUT2D eigenvalue weighted by Crippen LogP contribution is 2.24. The Kier molecular flexibility index (Phi) is 4.61. The summed E-state index contributed by atoms with van der Waals surface area (Å²) in [6.07, 6.45) is 3.01. The predicted octanol–water partition coefficient (Wildman–Crippen LogP) is 2.92. The summed E-state index contributed by atoms with van der Waals surface area (Å²) in [5.41, 5.74) is -0.412. The highest BCUT2D eigenvalue weighted by molar-refractivity contribution is 14.1. The van der Waals surface area contributed by atoms with Crippen molar-refractivity contribution >= 4 is 28.6 Å². The monoisotopic (exact) mass is 400 g/mol. The Morgan fingerprint density at radius 3 is 2.76 bits per heavy atom. The van der Waals surface area contributed by atoms with Crippen molar-refractivity contribution in [2.24, 2.45) is 0 Å². The van der Waals surface area contributed by atoms with E-state index in [-0.39, 0.29) is 23.2 Å². The highest BCUT2D eigenvalue weighted by atomic mass is 127. The Morgan fingerprint density at radius 1 is 1.43 bits per heavy atom. The number of nitrogens with zero attached hydrogens (tertiary/aromatic N) is 2. The van der Waals surface area contributed by atoms with E-state index in [0.29, 0.717) is 0 Å². The lowest BCUT2D eigenvalue weighted by atomic mass is 10.2. The number of carboxylic acid groups (broad SMARTS) is 1. The van der Waals surface area contributed by atoms with Crippen LogP contribution < -0.4 is 10.3 Å². The normalized spacial score (nSPS) is 10.7. The zero-order valence-corrected chi connectivity index (χ0v) is 13.6. The molecule has 1 aromatic heterocycles. The van der Waals surface area contributed by atoms with Crippen LogP contribution in [0.4, 0.5) is 0 Å². The van der Waals surface area contributed by atoms with E-state index in [2.05, 4.69) is 4.98 Å². The average Bonchev–Trinajstić information content (AvgIpc) is 2.42. The van der Waals surface area contributed by atoms with Gasteiger partial charge >= 0.3 is 11.5 Å². The van der Waals surface area contributed by atoms with Gasteiger partial charge in [-0.15, -0.1) is 0 Å². The molecule has 0 atom stereocenters. The standard InChI is InChI=1S/C14H13IN2O4/c1-8(2)17-6-5-16-12(13(17)18)21-11-4-3-9(15)7-10(11)14(19)20/h3-8H,1-2H3,(H,19,20). The number of aromatic nitrogens is 2. The summed E-state index contributed by atoms with van der Waals surface area (Å²) < 4.78 is 7.65. The fraction of sp³-hybridized carbons (Fsp3) is 0.214. The number of hydrogen-bond donors (Lipinski definition) is 1. The summed E-state index contributed by atoms with van der Waals surface area (Å²) >= 11 is 2.01. The number of carbonyl (C=O) groups is 1. The minimum Gasteiger partial charge on any atom is -0.478 e. The van der Waals surface area contributed by atoms with Gasteiger partial charge in [-0.05, 0) is 54.6 Å². The second kappa shape index (κ2) is 6.25. The van der Waals surface area contributed by atoms with E-state index in [9.17, 15) is 14.7 Å². The Bertz CT molecular complexity index is 740. The first-order valence-electron chi connectivity index (χ1n) is 6.18. The highest BCUT2D eigenvalue weighted by Gasteiger charge is 2.16. The summed E-state index contributed by atoms with van der Waals surface area (Å²) in [4.78, 5) is 27.3. The number of aromatic carboxylic acids is 1. The number of hydrogen-bond acceptors (Lipinski definition) is 4. The molecule has 6 nitrogen and oxygen atoms in total. The first kappa shape index (κ1) is 15.5. The number of rotatable bonds is 4. The summed E-state index contributed by atoms with van der Waals surface area (Å²) in [6.45, 7) is 3.72. The summed E-state index contributed by atoms with van der Waals surface area (Å²) in [5, 5.41) is 9.19. The lowest BCUT2D eigenvalue weighted by Gasteiger charge is -2.12. The number of halogens is 1. The average molecular weight is 400 g/mol. The van der Waals surface area contributed by atoms with Crippen molar-refractivity contribution in [1.82, 2.24) is 9.55 Å². The second-order valence-corrected chi connectivity index (χ2v) is 5.83. The Hall–Kier alpha value is -1.90. The summed E-state index contributed by atoms with van der Waals surface area (Å²) in [5.74, 6) is -1.17. The molecule has 2 aromatic rings. The van der Waals surface area contributed by atoms with Crippen LogP contribution in [0.3, 0.4) is 0 Å². The molecule has 110 valence electrons. The molecular weight excluding hydrogens is 387 g/mol. The number of benzene rings is 1. The molecule has 0 spiro atoms. The van der Waals surface area contributed by atoms with Crippen LogP contribution in [0, 0.1) is 3.57 Å². The smallest absolute Gasteiger partial charge is 0.339 e. The van der Waals surface area contributed by atoms with Crippen LogP contribution in [0.15, 0.2) is 35.4 Å². The Morgan fingerprint density at radius 2 is 2.14 bits per heavy atom. The lowest BCUT2D eigenvalue weighted by molar-refractivity contribution is 0.0694. The fourth-order valence-corrected chi connectivity index (χ4v) is 2.24. The Labute approximate surface area is 134 Å². The van der Waals surface area contributed by atoms with Crippen molar-refractivity contribution in [2.45, 2.75) is 19.9 Å². The van der Waals surface area contributed by atoms with Gasteiger partial charge < -0.3 is 14.4 Å². The predicted molar refractivity (Wildman–Crippen MR) is 85.1 cm³/mol. The molecule has 0 fully saturated rings. The Balaban J connectivity index is 2.46. The van der Waals surface area contributed by atoms with Gasteiger partial charge in [-0.3, -0.25) is 4.79 Å². The minimum atomic E-state index is -1.12. The molecule has 1 heterocycles. The molecular formula is C14H13IN2O4. The van der Waals surface area contributed by atoms with E-state index >= 15 is 0 Å². The van der Waals surface area contributed by atoms with Gasteiger partial charge in [-0.1, -0.05) is 0 Å². The zero-order chi connectivity index (χ0) is 15.6. The van der Waals surface area contributed by atoms with Gasteiger partial charge in [0.15, 0.2) is 0 Å². The van der Waals surface area contributed by atoms with E-state index in [1.807, 2.05) is 36.4 Å². The molecule has 1 aromatic carbocycles. The van der Waals surface area contributed by atoms with Gasteiger partial charge in [0, 0.05) is 22.0 Å². The van der Waals surface area contributed by atoms with Gasteiger partial charge in [-0.2, -0.15) is 0 Å². The minimum absolute atomic E-state index is 0.0111. The van der Waals surface area contributed by atoms with Gasteiger partial charge in [0.05, 0.1) is 0 Å². The lowest BCUT2D eigenvalue weighted by Crippen LogP contribution is -2.23. The topological polar surface area (TPSA) is 81.4 Å². The summed E-state index contributed by atoms with van der Waals surface area (Å²) in [7, 11) is 0. The molecule has 0 unspecified atom stereocenters. The van der Waals surface area contributed by atoms with Crippen LogP contribution in [-0.2, 0) is 0 Å². The van der Waals surface area contributed by atoms with Gasteiger partial charge in [-0.25, -0.2) is 9.78 Å². The van der Waals surface area contributed by atoms with E-state index in [0.717, 1.165) is 3.57 Å². The molecule has 0 aliphatic heterocycles. The van der Waals surface area contributed by atoms with Crippen molar-refractivity contribution in [3.8, 4) is 11.6 Å². The van der Waals surface area contributed by atoms with Crippen LogP contribution in [0.25, 0.3) is 0 Å². The van der Waals surface area contributed by atoms with Crippen LogP contribution in [-0.4, -0.2) is 20.6 Å². The van der Waals surface area contributed by atoms with Crippen LogP contribution in [0.1, 0.15) is 30.2 Å². The van der Waals surface area contributed by atoms with Crippen LogP contribution in [0.5, 0.6) is 11.6 Å². The summed E-state index contributed by atoms with van der Waals surface area (Å²) in [6, 6.07) is 4.64. The SMILES string of the molecule is CC(C)n1ccnc(Oc2ccc(I)cc2C(=O)O)c1=O. The third-order valence-electron chi connectivity index (χ3n) is 2.77. The van der Waals surface area contributed by atoms with E-state index in [1.54, 1.807) is 12.3 Å². The van der Waals surface area contributed by atoms with Crippen LogP contribution >= 0.6 is 22.6 Å². The molecule has 0 amide bonds. The molecule has 0 saturated carbocycles. The molecule has 0 aliphatic carbocycles. The fourth-order valence-electron chi connectivity index (χ4n) is 1.75. The molecule has 0 bridgehead atoms. The second-order valence-electron chi connectivity index (χ2n) is 4.59. The molecule has 0 saturated heterocycles. The van der Waals surface area contributed by atoms with E-state index < -0.39 is 11.5 Å². The maximum Gasteiger partial charge on any atom is 0.339 e.